The Hall–Kier alpha value is -3.41. The minimum Gasteiger partial charge on any atom is -0.447 e. The van der Waals surface area contributed by atoms with Gasteiger partial charge in [-0.15, -0.1) is 0 Å². The number of amides is 1. The minimum absolute atomic E-state index is 0.0675. The second-order valence-electron chi connectivity index (χ2n) is 7.35. The average Bonchev–Trinajstić information content (AvgIpc) is 3.39. The van der Waals surface area contributed by atoms with Crippen LogP contribution in [0.5, 0.6) is 0 Å². The van der Waals surface area contributed by atoms with Crippen molar-refractivity contribution in [3.8, 4) is 5.69 Å². The van der Waals surface area contributed by atoms with Crippen molar-refractivity contribution < 1.29 is 27.1 Å². The van der Waals surface area contributed by atoms with Crippen LogP contribution in [0.3, 0.4) is 0 Å². The molecular weight excluding hydrogens is 468 g/mol. The molecule has 1 aliphatic rings. The monoisotopic (exact) mass is 484 g/mol. The predicted molar refractivity (Wildman–Crippen MR) is 111 cm³/mol. The smallest absolute Gasteiger partial charge is 0.416 e. The van der Waals surface area contributed by atoms with Gasteiger partial charge >= 0.3 is 6.09 Å². The first kappa shape index (κ1) is 22.8. The summed E-state index contributed by atoms with van der Waals surface area (Å²) in [6.07, 6.45) is 1.17. The number of halogens is 5. The zero-order valence-electron chi connectivity index (χ0n) is 17.3. The fraction of sp³-hybridized carbons (Fsp3) is 0.300. The Morgan fingerprint density at radius 2 is 1.94 bits per heavy atom. The number of aromatic nitrogens is 4. The van der Waals surface area contributed by atoms with E-state index in [2.05, 4.69) is 20.3 Å². The van der Waals surface area contributed by atoms with Gasteiger partial charge in [-0.1, -0.05) is 11.6 Å². The molecule has 1 N–H and O–H groups in total. The fourth-order valence-electron chi connectivity index (χ4n) is 3.29. The van der Waals surface area contributed by atoms with Gasteiger partial charge in [0.2, 0.25) is 5.95 Å². The lowest BCUT2D eigenvalue weighted by molar-refractivity contribution is 0.174. The molecule has 3 atom stereocenters. The second-order valence-corrected chi connectivity index (χ2v) is 7.75. The molecule has 0 bridgehead atoms. The number of cyclic esters (lactones) is 1. The first-order valence-corrected chi connectivity index (χ1v) is 10.1. The van der Waals surface area contributed by atoms with Crippen molar-refractivity contribution >= 4 is 29.5 Å². The summed E-state index contributed by atoms with van der Waals surface area (Å²) in [6, 6.07) is 0.202. The van der Waals surface area contributed by atoms with Crippen LogP contribution in [0.15, 0.2) is 30.9 Å². The van der Waals surface area contributed by atoms with Crippen molar-refractivity contribution in [2.45, 2.75) is 32.1 Å². The van der Waals surface area contributed by atoms with Crippen molar-refractivity contribution in [1.29, 1.82) is 0 Å². The number of ether oxygens (including phenoxy) is 1. The topological polar surface area (TPSA) is 85.2 Å². The van der Waals surface area contributed by atoms with Gasteiger partial charge in [0, 0.05) is 12.3 Å². The van der Waals surface area contributed by atoms with Gasteiger partial charge in [0.25, 0.3) is 0 Å². The lowest BCUT2D eigenvalue weighted by Crippen LogP contribution is -2.40. The normalized spacial score (nSPS) is 17.7. The number of rotatable bonds is 6. The molecule has 1 aromatic carbocycles. The summed E-state index contributed by atoms with van der Waals surface area (Å²) in [4.78, 5) is 24.8. The summed E-state index contributed by atoms with van der Waals surface area (Å²) in [5.41, 5.74) is 0.303. The van der Waals surface area contributed by atoms with Gasteiger partial charge in [-0.3, -0.25) is 0 Å². The molecule has 1 saturated heterocycles. The van der Waals surface area contributed by atoms with Gasteiger partial charge < -0.3 is 14.6 Å². The van der Waals surface area contributed by atoms with E-state index in [9.17, 15) is 22.4 Å². The van der Waals surface area contributed by atoms with Crippen molar-refractivity contribution in [2.24, 2.45) is 0 Å². The number of anilines is 2. The molecule has 0 radical (unpaired) electrons. The summed E-state index contributed by atoms with van der Waals surface area (Å²) in [7, 11) is 0. The van der Waals surface area contributed by atoms with E-state index in [-0.39, 0.29) is 23.3 Å². The van der Waals surface area contributed by atoms with E-state index in [1.807, 2.05) is 0 Å². The number of nitrogens with zero attached hydrogens (tertiary/aromatic N) is 5. The lowest BCUT2D eigenvalue weighted by atomic mass is 10.2. The largest absolute Gasteiger partial charge is 0.447 e. The molecular formula is C20H17ClF4N6O2. The first-order valence-electron chi connectivity index (χ1n) is 9.73. The van der Waals surface area contributed by atoms with Gasteiger partial charge in [-0.25, -0.2) is 37.2 Å². The molecule has 0 spiro atoms. The van der Waals surface area contributed by atoms with Crippen LogP contribution in [0.25, 0.3) is 5.69 Å². The van der Waals surface area contributed by atoms with Gasteiger partial charge in [0.05, 0.1) is 35.0 Å². The number of alkyl halides is 1. The maximum Gasteiger partial charge on any atom is 0.416 e. The summed E-state index contributed by atoms with van der Waals surface area (Å²) in [5.74, 6) is -2.96. The average molecular weight is 485 g/mol. The van der Waals surface area contributed by atoms with Crippen LogP contribution in [0.2, 0.25) is 5.02 Å². The molecule has 8 nitrogen and oxygen atoms in total. The van der Waals surface area contributed by atoms with Crippen LogP contribution in [0, 0.1) is 17.5 Å². The molecule has 174 valence electrons. The Morgan fingerprint density at radius 3 is 2.67 bits per heavy atom. The number of nitrogens with one attached hydrogen (secondary N) is 1. The number of carbonyl (C=O) groups excluding carboxylic acids is 1. The van der Waals surface area contributed by atoms with E-state index in [0.29, 0.717) is 5.69 Å². The first-order chi connectivity index (χ1) is 15.7. The van der Waals surface area contributed by atoms with Crippen LogP contribution >= 0.6 is 11.6 Å². The van der Waals surface area contributed by atoms with E-state index < -0.39 is 47.6 Å². The van der Waals surface area contributed by atoms with Crippen molar-refractivity contribution in [3.63, 3.8) is 0 Å². The summed E-state index contributed by atoms with van der Waals surface area (Å²) < 4.78 is 62.3. The highest BCUT2D eigenvalue weighted by molar-refractivity contribution is 6.30. The van der Waals surface area contributed by atoms with Crippen molar-refractivity contribution in [2.75, 3.05) is 16.8 Å². The van der Waals surface area contributed by atoms with Crippen LogP contribution in [0.1, 0.15) is 25.6 Å². The molecule has 2 aromatic heterocycles. The summed E-state index contributed by atoms with van der Waals surface area (Å²) >= 11 is 5.58. The Bertz CT molecular complexity index is 1210. The highest BCUT2D eigenvalue weighted by Gasteiger charge is 2.40. The summed E-state index contributed by atoms with van der Waals surface area (Å²) in [5, 5.41) is 2.54. The fourth-order valence-corrected chi connectivity index (χ4v) is 3.44. The van der Waals surface area contributed by atoms with Crippen molar-refractivity contribution in [3.05, 3.63) is 59.0 Å². The zero-order valence-corrected chi connectivity index (χ0v) is 18.0. The molecule has 1 unspecified atom stereocenters. The lowest BCUT2D eigenvalue weighted by Gasteiger charge is -2.22. The minimum atomic E-state index is -1.48. The molecule has 1 fully saturated rings. The number of hydrogen-bond acceptors (Lipinski definition) is 6. The highest BCUT2D eigenvalue weighted by atomic mass is 35.5. The number of imidazole rings is 1. The van der Waals surface area contributed by atoms with Gasteiger partial charge in [-0.2, -0.15) is 4.98 Å². The van der Waals surface area contributed by atoms with Gasteiger partial charge in [0.15, 0.2) is 11.6 Å². The number of hydrogen-bond donors (Lipinski definition) is 1. The van der Waals surface area contributed by atoms with Crippen LogP contribution in [0.4, 0.5) is 34.1 Å². The quantitative estimate of drug-likeness (QED) is 0.407. The van der Waals surface area contributed by atoms with Crippen molar-refractivity contribution in [1.82, 2.24) is 19.5 Å². The third-order valence-corrected chi connectivity index (χ3v) is 5.34. The SMILES string of the molecule is C[C@H](Nc1ncc(F)c(N2C(=O)OCC2[C@H](C)F)n1)c1cn(-c2cc(F)c(Cl)cc2F)cn1. The Kier molecular flexibility index (Phi) is 6.11. The standard InChI is InChI=1S/C20H17ClF4N6O2/c1-9(22)17-7-33-20(32)31(17)18-14(25)5-26-19(29-18)28-10(2)15-6-30(8-27-15)16-4-12(23)11(21)3-13(16)24/h3-6,8-10,17H,7H2,1-2H3,(H,26,28,29)/t9-,10-,17?/m0/s1. The second kappa shape index (κ2) is 8.85. The third kappa shape index (κ3) is 4.42. The third-order valence-electron chi connectivity index (χ3n) is 5.05. The summed E-state index contributed by atoms with van der Waals surface area (Å²) in [6.45, 7) is 2.67. The van der Waals surface area contributed by atoms with E-state index in [4.69, 9.17) is 16.3 Å². The van der Waals surface area contributed by atoms with E-state index in [1.54, 1.807) is 6.92 Å². The Balaban J connectivity index is 1.57. The molecule has 3 heterocycles. The predicted octanol–water partition coefficient (Wildman–Crippen LogP) is 4.59. The highest BCUT2D eigenvalue weighted by Crippen LogP contribution is 2.28. The Labute approximate surface area is 190 Å². The van der Waals surface area contributed by atoms with Gasteiger partial charge in [-0.05, 0) is 19.9 Å². The number of benzene rings is 1. The molecule has 0 saturated carbocycles. The maximum atomic E-state index is 14.4. The number of carbonyl (C=O) groups is 1. The molecule has 0 aliphatic carbocycles. The molecule has 13 heteroatoms. The van der Waals surface area contributed by atoms with E-state index in [1.165, 1.54) is 24.0 Å². The maximum absolute atomic E-state index is 14.4. The Morgan fingerprint density at radius 1 is 1.18 bits per heavy atom. The van der Waals surface area contributed by atoms with Crippen LogP contribution < -0.4 is 10.2 Å². The van der Waals surface area contributed by atoms with Crippen LogP contribution in [-0.4, -0.2) is 44.4 Å². The van der Waals surface area contributed by atoms with E-state index >= 15 is 0 Å². The molecule has 1 amide bonds. The zero-order chi connectivity index (χ0) is 23.9. The molecule has 4 rings (SSSR count). The van der Waals surface area contributed by atoms with Gasteiger partial charge in [0.1, 0.15) is 30.5 Å². The molecule has 3 aromatic rings. The van der Waals surface area contributed by atoms with Crippen LogP contribution in [-0.2, 0) is 4.74 Å². The molecule has 33 heavy (non-hydrogen) atoms. The van der Waals surface area contributed by atoms with E-state index in [0.717, 1.165) is 23.2 Å². The molecule has 1 aliphatic heterocycles.